The van der Waals surface area contributed by atoms with E-state index in [0.29, 0.717) is 17.9 Å². The molecule has 2 N–H and O–H groups in total. The van der Waals surface area contributed by atoms with Gasteiger partial charge in [-0.15, -0.1) is 6.42 Å². The van der Waals surface area contributed by atoms with E-state index in [4.69, 9.17) is 15.9 Å². The van der Waals surface area contributed by atoms with Gasteiger partial charge in [0.15, 0.2) is 6.61 Å². The zero-order valence-corrected chi connectivity index (χ0v) is 15.2. The molecule has 0 fully saturated rings. The smallest absolute Gasteiger partial charge is 0.329 e. The van der Waals surface area contributed by atoms with Crippen LogP contribution in [0.4, 0.5) is 0 Å². The van der Waals surface area contributed by atoms with Crippen LogP contribution in [0, 0.1) is 18.3 Å². The van der Waals surface area contributed by atoms with Crippen LogP contribution >= 0.6 is 0 Å². The number of terminal acetylenes is 1. The van der Waals surface area contributed by atoms with Gasteiger partial charge in [0.25, 0.3) is 11.8 Å². The first kappa shape index (κ1) is 21.0. The van der Waals surface area contributed by atoms with Crippen molar-refractivity contribution >= 4 is 17.8 Å². The van der Waals surface area contributed by atoms with Crippen LogP contribution in [-0.4, -0.2) is 43.6 Å². The minimum absolute atomic E-state index is 0.0540. The van der Waals surface area contributed by atoms with Crippen molar-refractivity contribution in [1.29, 1.82) is 0 Å². The van der Waals surface area contributed by atoms with Gasteiger partial charge >= 0.3 is 5.97 Å². The number of rotatable bonds is 9. The van der Waals surface area contributed by atoms with Crippen molar-refractivity contribution in [2.45, 2.75) is 26.8 Å². The monoisotopic (exact) mass is 360 g/mol. The van der Waals surface area contributed by atoms with Gasteiger partial charge < -0.3 is 20.1 Å². The summed E-state index contributed by atoms with van der Waals surface area (Å²) in [6.07, 6.45) is 5.03. The van der Waals surface area contributed by atoms with E-state index < -0.39 is 30.4 Å². The molecule has 2 amide bonds. The third kappa shape index (κ3) is 6.85. The molecule has 0 aliphatic heterocycles. The molecule has 1 aromatic carbocycles. The van der Waals surface area contributed by atoms with Crippen LogP contribution in [0.1, 0.15) is 31.1 Å². The lowest BCUT2D eigenvalue weighted by Crippen LogP contribution is -2.46. The van der Waals surface area contributed by atoms with E-state index in [9.17, 15) is 14.4 Å². The Morgan fingerprint density at radius 2 is 1.85 bits per heavy atom. The average Bonchev–Trinajstić information content (AvgIpc) is 2.62. The number of carbonyl (C=O) groups is 3. The fourth-order valence-electron chi connectivity index (χ4n) is 2.02. The molecule has 0 heterocycles. The van der Waals surface area contributed by atoms with Gasteiger partial charge in [0.05, 0.1) is 13.2 Å². The average molecular weight is 360 g/mol. The summed E-state index contributed by atoms with van der Waals surface area (Å²) >= 11 is 0. The molecule has 7 heteroatoms. The Morgan fingerprint density at radius 1 is 1.19 bits per heavy atom. The van der Waals surface area contributed by atoms with Gasteiger partial charge in [-0.25, -0.2) is 4.79 Å². The van der Waals surface area contributed by atoms with E-state index in [2.05, 4.69) is 16.6 Å². The number of carbonyl (C=O) groups excluding carboxylic acids is 3. The molecular formula is C19H24N2O5. The summed E-state index contributed by atoms with van der Waals surface area (Å²) in [7, 11) is 0. The molecule has 26 heavy (non-hydrogen) atoms. The Labute approximate surface area is 153 Å². The Bertz CT molecular complexity index is 662. The Hall–Kier alpha value is -3.01. The highest BCUT2D eigenvalue weighted by molar-refractivity contribution is 5.97. The molecule has 0 unspecified atom stereocenters. The van der Waals surface area contributed by atoms with E-state index in [-0.39, 0.29) is 12.5 Å². The topological polar surface area (TPSA) is 93.7 Å². The minimum atomic E-state index is -0.880. The fourth-order valence-corrected chi connectivity index (χ4v) is 2.02. The molecule has 0 aromatic heterocycles. The first-order valence-electron chi connectivity index (χ1n) is 8.29. The molecule has 0 aliphatic carbocycles. The van der Waals surface area contributed by atoms with E-state index in [0.717, 1.165) is 0 Å². The molecule has 0 bridgehead atoms. The van der Waals surface area contributed by atoms with Gasteiger partial charge in [0.1, 0.15) is 11.8 Å². The molecule has 0 saturated heterocycles. The molecule has 1 aromatic rings. The second-order valence-electron chi connectivity index (χ2n) is 5.74. The van der Waals surface area contributed by atoms with E-state index in [1.165, 1.54) is 0 Å². The standard InChI is InChI=1S/C19H24N2O5/c1-5-11-20-16(22)12-26-19(24)17(13(3)4)21-18(23)14-7-9-15(10-8-14)25-6-2/h1,7-10,13,17H,6,11-12H2,2-4H3,(H,20,22)(H,21,23)/t17-/m0/s1. The molecular weight excluding hydrogens is 336 g/mol. The van der Waals surface area contributed by atoms with Crippen LogP contribution in [0.2, 0.25) is 0 Å². The fraction of sp³-hybridized carbons (Fsp3) is 0.421. The highest BCUT2D eigenvalue weighted by Crippen LogP contribution is 2.13. The zero-order valence-electron chi connectivity index (χ0n) is 15.2. The molecule has 1 atom stereocenters. The largest absolute Gasteiger partial charge is 0.494 e. The van der Waals surface area contributed by atoms with Crippen molar-refractivity contribution in [1.82, 2.24) is 10.6 Å². The van der Waals surface area contributed by atoms with E-state index in [1.807, 2.05) is 6.92 Å². The van der Waals surface area contributed by atoms with Crippen molar-refractivity contribution in [2.75, 3.05) is 19.8 Å². The zero-order chi connectivity index (χ0) is 19.5. The minimum Gasteiger partial charge on any atom is -0.494 e. The summed E-state index contributed by atoms with van der Waals surface area (Å²) in [6.45, 7) is 5.53. The molecule has 0 saturated carbocycles. The van der Waals surface area contributed by atoms with Gasteiger partial charge in [-0.3, -0.25) is 9.59 Å². The number of nitrogens with one attached hydrogen (secondary N) is 2. The molecule has 0 spiro atoms. The Balaban J connectivity index is 2.66. The normalized spacial score (nSPS) is 11.2. The number of hydrogen-bond donors (Lipinski definition) is 2. The number of esters is 1. The Kier molecular flexibility index (Phi) is 8.71. The van der Waals surface area contributed by atoms with Gasteiger partial charge in [-0.1, -0.05) is 19.8 Å². The first-order valence-corrected chi connectivity index (χ1v) is 8.29. The van der Waals surface area contributed by atoms with Crippen molar-refractivity contribution in [3.8, 4) is 18.1 Å². The van der Waals surface area contributed by atoms with Gasteiger partial charge in [-0.2, -0.15) is 0 Å². The summed E-state index contributed by atoms with van der Waals surface area (Å²) in [4.78, 5) is 36.0. The summed E-state index contributed by atoms with van der Waals surface area (Å²) in [5.41, 5.74) is 0.388. The van der Waals surface area contributed by atoms with E-state index in [1.54, 1.807) is 38.1 Å². The van der Waals surface area contributed by atoms with Crippen LogP contribution in [-0.2, 0) is 14.3 Å². The second-order valence-corrected chi connectivity index (χ2v) is 5.74. The van der Waals surface area contributed by atoms with Crippen LogP contribution in [0.3, 0.4) is 0 Å². The number of benzene rings is 1. The maximum Gasteiger partial charge on any atom is 0.329 e. The first-order chi connectivity index (χ1) is 12.4. The van der Waals surface area contributed by atoms with Crippen molar-refractivity contribution in [3.05, 3.63) is 29.8 Å². The summed E-state index contributed by atoms with van der Waals surface area (Å²) in [6, 6.07) is 5.69. The maximum atomic E-state index is 12.4. The SMILES string of the molecule is C#CCNC(=O)COC(=O)[C@@H](NC(=O)c1ccc(OCC)cc1)C(C)C. The number of ether oxygens (including phenoxy) is 2. The third-order valence-corrected chi connectivity index (χ3v) is 3.37. The van der Waals surface area contributed by atoms with Crippen LogP contribution < -0.4 is 15.4 Å². The predicted molar refractivity (Wildman–Crippen MR) is 96.5 cm³/mol. The van der Waals surface area contributed by atoms with Gasteiger partial charge in [0, 0.05) is 5.56 Å². The lowest BCUT2D eigenvalue weighted by Gasteiger charge is -2.20. The molecule has 140 valence electrons. The van der Waals surface area contributed by atoms with E-state index >= 15 is 0 Å². The summed E-state index contributed by atoms with van der Waals surface area (Å²) in [5, 5.41) is 5.02. The van der Waals surface area contributed by atoms with Crippen LogP contribution in [0.5, 0.6) is 5.75 Å². The lowest BCUT2D eigenvalue weighted by atomic mass is 10.0. The predicted octanol–water partition coefficient (Wildman–Crippen LogP) is 1.13. The highest BCUT2D eigenvalue weighted by atomic mass is 16.5. The van der Waals surface area contributed by atoms with Crippen molar-refractivity contribution in [2.24, 2.45) is 5.92 Å². The summed E-state index contributed by atoms with van der Waals surface area (Å²) in [5.74, 6) is 1.08. The Morgan fingerprint density at radius 3 is 2.38 bits per heavy atom. The maximum absolute atomic E-state index is 12.4. The molecule has 0 aliphatic rings. The molecule has 7 nitrogen and oxygen atoms in total. The molecule has 0 radical (unpaired) electrons. The molecule has 1 rings (SSSR count). The third-order valence-electron chi connectivity index (χ3n) is 3.37. The van der Waals surface area contributed by atoms with Crippen molar-refractivity contribution < 1.29 is 23.9 Å². The second kappa shape index (κ2) is 10.8. The highest BCUT2D eigenvalue weighted by Gasteiger charge is 2.26. The van der Waals surface area contributed by atoms with Crippen molar-refractivity contribution in [3.63, 3.8) is 0 Å². The number of amides is 2. The van der Waals surface area contributed by atoms with Crippen LogP contribution in [0.25, 0.3) is 0 Å². The lowest BCUT2D eigenvalue weighted by molar-refractivity contribution is -0.151. The van der Waals surface area contributed by atoms with Gasteiger partial charge in [0.2, 0.25) is 0 Å². The summed E-state index contributed by atoms with van der Waals surface area (Å²) < 4.78 is 10.3. The number of hydrogen-bond acceptors (Lipinski definition) is 5. The quantitative estimate of drug-likeness (QED) is 0.509. The van der Waals surface area contributed by atoms with Gasteiger partial charge in [-0.05, 0) is 37.1 Å². The van der Waals surface area contributed by atoms with Crippen LogP contribution in [0.15, 0.2) is 24.3 Å².